The summed E-state index contributed by atoms with van der Waals surface area (Å²) in [5.74, 6) is -0.294. The molecule has 342 valence electrons. The van der Waals surface area contributed by atoms with Gasteiger partial charge in [0.2, 0.25) is 17.3 Å². The van der Waals surface area contributed by atoms with Crippen LogP contribution in [0, 0.1) is 24.2 Å². The first-order valence-electron chi connectivity index (χ1n) is 23.8. The number of carbonyl (C=O) groups excluding carboxylic acids is 2. The molecule has 0 radical (unpaired) electrons. The highest BCUT2D eigenvalue weighted by molar-refractivity contribution is 6.34. The summed E-state index contributed by atoms with van der Waals surface area (Å²) in [6.07, 6.45) is 14.3. The van der Waals surface area contributed by atoms with Crippen LogP contribution < -0.4 is 20.1 Å². The van der Waals surface area contributed by atoms with E-state index in [9.17, 15) is 14.6 Å². The zero-order valence-corrected chi connectivity index (χ0v) is 38.0. The number of ketones is 2. The molecule has 67 heavy (non-hydrogen) atoms. The van der Waals surface area contributed by atoms with Gasteiger partial charge in [0.05, 0.1) is 40.2 Å². The molecule has 2 saturated carbocycles. The summed E-state index contributed by atoms with van der Waals surface area (Å²) >= 11 is 0. The average Bonchev–Trinajstić information content (AvgIpc) is 3.34. The highest BCUT2D eigenvalue weighted by atomic mass is 19.1. The van der Waals surface area contributed by atoms with Gasteiger partial charge in [-0.3, -0.25) is 9.59 Å². The van der Waals surface area contributed by atoms with Crippen LogP contribution in [0.1, 0.15) is 146 Å². The van der Waals surface area contributed by atoms with Crippen molar-refractivity contribution in [2.45, 2.75) is 103 Å². The minimum atomic E-state index is -0.804. The van der Waals surface area contributed by atoms with Crippen molar-refractivity contribution in [3.05, 3.63) is 160 Å². The molecular weight excluding hydrogens is 842 g/mol. The van der Waals surface area contributed by atoms with Gasteiger partial charge in [0.25, 0.3) is 0 Å². The van der Waals surface area contributed by atoms with Crippen molar-refractivity contribution >= 4 is 40.0 Å². The molecule has 0 saturated heterocycles. The molecule has 0 aromatic heterocycles. The molecule has 0 unspecified atom stereocenters. The number of aromatic hydroxyl groups is 2. The molecule has 6 aromatic carbocycles. The van der Waals surface area contributed by atoms with Crippen molar-refractivity contribution in [2.24, 2.45) is 11.8 Å². The third kappa shape index (κ3) is 9.46. The van der Waals surface area contributed by atoms with Gasteiger partial charge in [-0.15, -0.1) is 0 Å². The van der Waals surface area contributed by atoms with Gasteiger partial charge < -0.3 is 30.3 Å². The number of hydrogen-bond donors (Lipinski definition) is 4. The number of fused-ring (bicyclic) bond motifs is 2. The number of ether oxygens (including phenoxy) is 2. The minimum absolute atomic E-state index is 0.0377. The molecule has 0 heterocycles. The summed E-state index contributed by atoms with van der Waals surface area (Å²) < 4.78 is 27.3. The number of benzene rings is 6. The number of phenols is 2. The molecule has 3 aliphatic carbocycles. The van der Waals surface area contributed by atoms with Crippen LogP contribution >= 0.6 is 0 Å². The second kappa shape index (κ2) is 19.8. The van der Waals surface area contributed by atoms with Gasteiger partial charge in [0.15, 0.2) is 23.0 Å². The van der Waals surface area contributed by atoms with Gasteiger partial charge in [0.1, 0.15) is 17.3 Å². The Hall–Kier alpha value is -7.12. The van der Waals surface area contributed by atoms with Crippen LogP contribution in [-0.2, 0) is 0 Å². The normalized spacial score (nSPS) is 18.9. The molecule has 0 spiro atoms. The highest BCUT2D eigenvalue weighted by Crippen LogP contribution is 2.51. The molecule has 3 aliphatic rings. The van der Waals surface area contributed by atoms with Crippen LogP contribution in [0.15, 0.2) is 109 Å². The Kier molecular flexibility index (Phi) is 13.3. The maximum Gasteiger partial charge on any atom is 0.209 e. The van der Waals surface area contributed by atoms with E-state index in [4.69, 9.17) is 16.0 Å². The number of carbonyl (C=O) groups is 2. The Morgan fingerprint density at radius 3 is 1.52 bits per heavy atom. The first-order chi connectivity index (χ1) is 32.6. The van der Waals surface area contributed by atoms with E-state index in [-0.39, 0.29) is 56.5 Å². The van der Waals surface area contributed by atoms with Gasteiger partial charge in [-0.2, -0.15) is 0 Å². The lowest BCUT2D eigenvalue weighted by molar-refractivity contribution is 0.0974. The van der Waals surface area contributed by atoms with Crippen LogP contribution in [0.3, 0.4) is 0 Å². The minimum Gasteiger partial charge on any atom is -0.504 e. The van der Waals surface area contributed by atoms with Crippen LogP contribution in [0.25, 0.3) is 4.85 Å². The summed E-state index contributed by atoms with van der Waals surface area (Å²) in [6, 6.07) is 30.6. The molecule has 4 N–H and O–H groups in total. The Morgan fingerprint density at radius 2 is 1.06 bits per heavy atom. The zero-order valence-electron chi connectivity index (χ0n) is 38.0. The van der Waals surface area contributed by atoms with Crippen molar-refractivity contribution in [1.29, 1.82) is 0 Å². The summed E-state index contributed by atoms with van der Waals surface area (Å²) in [7, 11) is 0. The first-order valence-corrected chi connectivity index (χ1v) is 23.8. The third-order valence-electron chi connectivity index (χ3n) is 14.1. The second-order valence-corrected chi connectivity index (χ2v) is 18.4. The van der Waals surface area contributed by atoms with E-state index < -0.39 is 28.9 Å². The molecule has 0 atom stereocenters. The highest BCUT2D eigenvalue weighted by Gasteiger charge is 2.41. The number of para-hydroxylation sites is 2. The van der Waals surface area contributed by atoms with E-state index in [0.29, 0.717) is 29.0 Å². The monoisotopic (exact) mass is 897 g/mol. The molecule has 0 amide bonds. The van der Waals surface area contributed by atoms with E-state index in [2.05, 4.69) is 29.3 Å². The van der Waals surface area contributed by atoms with E-state index in [0.717, 1.165) is 37.5 Å². The fraction of sp³-hybridized carbons (Fsp3) is 0.316. The van der Waals surface area contributed by atoms with E-state index in [1.807, 2.05) is 48.5 Å². The lowest BCUT2D eigenvalue weighted by Gasteiger charge is -2.29. The summed E-state index contributed by atoms with van der Waals surface area (Å²) in [4.78, 5) is 33.9. The molecule has 6 aromatic rings. The molecule has 9 rings (SSSR count). The number of anilines is 4. The molecule has 10 heteroatoms. The summed E-state index contributed by atoms with van der Waals surface area (Å²) in [6.45, 7) is 12.3. The van der Waals surface area contributed by atoms with Crippen molar-refractivity contribution in [1.82, 2.24) is 0 Å². The van der Waals surface area contributed by atoms with Crippen LogP contribution in [0.2, 0.25) is 0 Å². The molecular formula is C57H56FN3O6. The molecule has 0 bridgehead atoms. The van der Waals surface area contributed by atoms with Crippen LogP contribution in [-0.4, -0.2) is 21.8 Å². The van der Waals surface area contributed by atoms with Gasteiger partial charge >= 0.3 is 0 Å². The molecule has 0 aliphatic heterocycles. The SMILES string of the molecule is [C-]#[N+]c1ccccc1Nc1cc(Oc2ccc(C3CCC(CCC)CC3)cc2)c(O)c2c1C(=O)c1c(O)c(Oc3ccc(C4CCC(CCC)CC4)cc3)cc(Nc3cccc(F)c3)c1C2=O. The smallest absolute Gasteiger partial charge is 0.209 e. The average molecular weight is 898 g/mol. The van der Waals surface area contributed by atoms with Gasteiger partial charge in [-0.05, 0) is 135 Å². The van der Waals surface area contributed by atoms with Crippen molar-refractivity contribution in [3.63, 3.8) is 0 Å². The maximum atomic E-state index is 15.1. The van der Waals surface area contributed by atoms with Crippen molar-refractivity contribution in [2.75, 3.05) is 10.6 Å². The Labute approximate surface area is 391 Å². The number of nitrogens with one attached hydrogen (secondary N) is 2. The topological polar surface area (TPSA) is 121 Å². The molecule has 2 fully saturated rings. The van der Waals surface area contributed by atoms with Gasteiger partial charge in [-0.1, -0.05) is 88.1 Å². The Balaban J connectivity index is 1.10. The number of nitrogens with zero attached hydrogens (tertiary/aromatic N) is 1. The lowest BCUT2D eigenvalue weighted by Crippen LogP contribution is -2.24. The number of rotatable bonds is 14. The quantitative estimate of drug-likeness (QED) is 0.0629. The number of halogens is 1. The summed E-state index contributed by atoms with van der Waals surface area (Å²) in [5.41, 5.74) is 2.15. The standard InChI is InChI=1S/C57H56FN3O6/c1-4-9-34-15-19-36(20-16-34)38-23-27-42(28-24-38)66-48-32-46(60-41-12-8-11-40(58)31-41)50-52(54(48)62)57(65)51-47(61-45-14-7-6-13-44(45)59-3)33-49(55(63)53(51)56(50)64)67-43-29-25-39(26-30-43)37-21-17-35(10-5-2)18-22-37/h6-8,11-14,23-37,60-63H,4-5,9-10,15-22H2,1-2H3. The largest absolute Gasteiger partial charge is 0.504 e. The predicted octanol–water partition coefficient (Wildman–Crippen LogP) is 15.8. The van der Waals surface area contributed by atoms with E-state index >= 15 is 9.59 Å². The van der Waals surface area contributed by atoms with E-state index in [1.54, 1.807) is 30.3 Å². The molecule has 9 nitrogen and oxygen atoms in total. The van der Waals surface area contributed by atoms with Gasteiger partial charge in [-0.25, -0.2) is 9.24 Å². The predicted molar refractivity (Wildman–Crippen MR) is 261 cm³/mol. The summed E-state index contributed by atoms with van der Waals surface area (Å²) in [5, 5.41) is 30.4. The van der Waals surface area contributed by atoms with Crippen LogP contribution in [0.4, 0.5) is 32.8 Å². The lowest BCUT2D eigenvalue weighted by atomic mass is 9.77. The van der Waals surface area contributed by atoms with Gasteiger partial charge in [0, 0.05) is 23.5 Å². The van der Waals surface area contributed by atoms with Crippen molar-refractivity contribution < 1.29 is 33.7 Å². The third-order valence-corrected chi connectivity index (χ3v) is 14.1. The fourth-order valence-electron chi connectivity index (χ4n) is 10.6. The fourth-order valence-corrected chi connectivity index (χ4v) is 10.6. The number of phenolic OH excluding ortho intramolecular Hbond substituents is 2. The maximum absolute atomic E-state index is 15.1. The van der Waals surface area contributed by atoms with E-state index in [1.165, 1.54) is 92.8 Å². The Morgan fingerprint density at radius 1 is 0.582 bits per heavy atom. The van der Waals surface area contributed by atoms with Crippen molar-refractivity contribution in [3.8, 4) is 34.5 Å². The van der Waals surface area contributed by atoms with Crippen LogP contribution in [0.5, 0.6) is 34.5 Å². The Bertz CT molecular complexity index is 2840. The first kappa shape index (κ1) is 45.1. The second-order valence-electron chi connectivity index (χ2n) is 18.4. The zero-order chi connectivity index (χ0) is 46.6. The number of hydrogen-bond acceptors (Lipinski definition) is 8.